The van der Waals surface area contributed by atoms with Gasteiger partial charge in [-0.05, 0) is 65.1 Å². The fourth-order valence-corrected chi connectivity index (χ4v) is 2.82. The molecule has 3 aromatic rings. The van der Waals surface area contributed by atoms with Crippen LogP contribution >= 0.6 is 22.6 Å². The van der Waals surface area contributed by atoms with Gasteiger partial charge in [0.05, 0.1) is 16.2 Å². The molecule has 3 N–H and O–H groups in total. The number of nitrogens with one attached hydrogen (secondary N) is 2. The highest BCUT2D eigenvalue weighted by molar-refractivity contribution is 14.1. The molecule has 132 valence electrons. The van der Waals surface area contributed by atoms with Gasteiger partial charge in [-0.25, -0.2) is 5.48 Å². The molecule has 0 unspecified atom stereocenters. The van der Waals surface area contributed by atoms with Gasteiger partial charge < -0.3 is 9.88 Å². The minimum atomic E-state index is -0.847. The summed E-state index contributed by atoms with van der Waals surface area (Å²) in [6, 6.07) is 13.5. The van der Waals surface area contributed by atoms with Gasteiger partial charge in [0.15, 0.2) is 0 Å². The molecule has 1 aromatic heterocycles. The molecular formula is C17H13IN4O4. The van der Waals surface area contributed by atoms with E-state index in [1.54, 1.807) is 29.1 Å². The van der Waals surface area contributed by atoms with Crippen LogP contribution in [0.25, 0.3) is 5.69 Å². The number of nitrogens with zero attached hydrogens (tertiary/aromatic N) is 2. The van der Waals surface area contributed by atoms with Gasteiger partial charge in [0, 0.05) is 27.7 Å². The average molecular weight is 464 g/mol. The second kappa shape index (κ2) is 7.54. The van der Waals surface area contributed by atoms with E-state index in [1.807, 2.05) is 24.3 Å². The van der Waals surface area contributed by atoms with Crippen molar-refractivity contribution in [3.8, 4) is 5.69 Å². The summed E-state index contributed by atoms with van der Waals surface area (Å²) in [5, 5.41) is 23.5. The number of benzene rings is 2. The fourth-order valence-electron chi connectivity index (χ4n) is 2.47. The van der Waals surface area contributed by atoms with Gasteiger partial charge in [0.25, 0.3) is 11.6 Å². The normalized spacial score (nSPS) is 10.4. The standard InChI is InChI=1S/C17H13IN4O4/c18-11-3-5-12(6-4-11)19-14-10-15(21-7-1-2-8-21)16(22(25)26)9-13(14)17(23)20-24/h1-10,19,24H,(H,20,23). The molecule has 9 heteroatoms. The Bertz CT molecular complexity index is 956. The zero-order valence-electron chi connectivity index (χ0n) is 13.2. The van der Waals surface area contributed by atoms with Crippen LogP contribution in [0.3, 0.4) is 0 Å². The van der Waals surface area contributed by atoms with E-state index >= 15 is 0 Å². The summed E-state index contributed by atoms with van der Waals surface area (Å²) in [6.45, 7) is 0. The van der Waals surface area contributed by atoms with E-state index in [0.29, 0.717) is 17.1 Å². The lowest BCUT2D eigenvalue weighted by Crippen LogP contribution is -2.20. The van der Waals surface area contributed by atoms with Gasteiger partial charge in [-0.1, -0.05) is 0 Å². The molecular weight excluding hydrogens is 451 g/mol. The number of carbonyl (C=O) groups excluding carboxylic acids is 1. The highest BCUT2D eigenvalue weighted by Crippen LogP contribution is 2.32. The van der Waals surface area contributed by atoms with Crippen molar-refractivity contribution in [1.82, 2.24) is 10.0 Å². The Hall–Kier alpha value is -2.92. The lowest BCUT2D eigenvalue weighted by Gasteiger charge is -2.14. The molecule has 26 heavy (non-hydrogen) atoms. The topological polar surface area (TPSA) is 109 Å². The third kappa shape index (κ3) is 3.68. The third-order valence-corrected chi connectivity index (χ3v) is 4.38. The van der Waals surface area contributed by atoms with E-state index in [0.717, 1.165) is 9.64 Å². The number of halogens is 1. The molecule has 8 nitrogen and oxygen atoms in total. The first-order chi connectivity index (χ1) is 12.5. The molecule has 0 aliphatic rings. The first-order valence-electron chi connectivity index (χ1n) is 7.42. The van der Waals surface area contributed by atoms with E-state index in [-0.39, 0.29) is 11.3 Å². The largest absolute Gasteiger partial charge is 0.355 e. The average Bonchev–Trinajstić information content (AvgIpc) is 3.17. The summed E-state index contributed by atoms with van der Waals surface area (Å²) in [5.74, 6) is -0.847. The molecule has 0 spiro atoms. The minimum absolute atomic E-state index is 0.0475. The van der Waals surface area contributed by atoms with Crippen molar-refractivity contribution >= 4 is 45.6 Å². The highest BCUT2D eigenvalue weighted by atomic mass is 127. The quantitative estimate of drug-likeness (QED) is 0.230. The van der Waals surface area contributed by atoms with Crippen LogP contribution in [0.2, 0.25) is 0 Å². The number of nitro groups is 1. The summed E-state index contributed by atoms with van der Waals surface area (Å²) < 4.78 is 2.62. The maximum Gasteiger partial charge on any atom is 0.294 e. The summed E-state index contributed by atoms with van der Waals surface area (Å²) in [5.41, 5.74) is 2.54. The zero-order valence-corrected chi connectivity index (χ0v) is 15.4. The molecule has 0 saturated heterocycles. The van der Waals surface area contributed by atoms with Crippen LogP contribution in [0.1, 0.15) is 10.4 Å². The Balaban J connectivity index is 2.16. The zero-order chi connectivity index (χ0) is 18.7. The van der Waals surface area contributed by atoms with E-state index in [4.69, 9.17) is 5.21 Å². The number of hydrogen-bond donors (Lipinski definition) is 3. The van der Waals surface area contributed by atoms with E-state index in [9.17, 15) is 14.9 Å². The number of amides is 1. The molecule has 2 aromatic carbocycles. The predicted molar refractivity (Wildman–Crippen MR) is 104 cm³/mol. The van der Waals surface area contributed by atoms with Crippen molar-refractivity contribution in [2.45, 2.75) is 0 Å². The summed E-state index contributed by atoms with van der Waals surface area (Å²) >= 11 is 2.17. The Morgan fingerprint density at radius 3 is 2.38 bits per heavy atom. The molecule has 1 heterocycles. The van der Waals surface area contributed by atoms with Crippen molar-refractivity contribution in [3.05, 3.63) is 80.2 Å². The number of carbonyl (C=O) groups is 1. The van der Waals surface area contributed by atoms with Crippen LogP contribution in [0.4, 0.5) is 17.1 Å². The van der Waals surface area contributed by atoms with Crippen LogP contribution in [0.5, 0.6) is 0 Å². The van der Waals surface area contributed by atoms with Crippen LogP contribution in [0, 0.1) is 13.7 Å². The van der Waals surface area contributed by atoms with Gasteiger partial charge in [-0.15, -0.1) is 0 Å². The summed E-state index contributed by atoms with van der Waals surface area (Å²) in [7, 11) is 0. The Morgan fingerprint density at radius 1 is 1.15 bits per heavy atom. The summed E-state index contributed by atoms with van der Waals surface area (Å²) in [6.07, 6.45) is 3.34. The Kier molecular flexibility index (Phi) is 5.19. The number of hydrogen-bond acceptors (Lipinski definition) is 5. The van der Waals surface area contributed by atoms with Gasteiger partial charge in [-0.2, -0.15) is 0 Å². The van der Waals surface area contributed by atoms with Crippen LogP contribution < -0.4 is 10.8 Å². The van der Waals surface area contributed by atoms with Gasteiger partial charge in [0.1, 0.15) is 5.69 Å². The number of nitro benzene ring substituents is 1. The van der Waals surface area contributed by atoms with Gasteiger partial charge in [0.2, 0.25) is 0 Å². The lowest BCUT2D eigenvalue weighted by molar-refractivity contribution is -0.384. The van der Waals surface area contributed by atoms with Crippen molar-refractivity contribution in [2.75, 3.05) is 5.32 Å². The van der Waals surface area contributed by atoms with Gasteiger partial charge >= 0.3 is 0 Å². The summed E-state index contributed by atoms with van der Waals surface area (Å²) in [4.78, 5) is 22.9. The molecule has 0 aliphatic carbocycles. The highest BCUT2D eigenvalue weighted by Gasteiger charge is 2.23. The SMILES string of the molecule is O=C(NO)c1cc([N+](=O)[O-])c(-n2cccc2)cc1Nc1ccc(I)cc1. The number of hydroxylamine groups is 1. The van der Waals surface area contributed by atoms with Crippen molar-refractivity contribution in [1.29, 1.82) is 0 Å². The van der Waals surface area contributed by atoms with Crippen molar-refractivity contribution < 1.29 is 14.9 Å². The molecule has 0 fully saturated rings. The molecule has 0 atom stereocenters. The molecule has 3 rings (SSSR count). The Morgan fingerprint density at radius 2 is 1.81 bits per heavy atom. The number of anilines is 2. The maximum atomic E-state index is 12.0. The van der Waals surface area contributed by atoms with Crippen molar-refractivity contribution in [3.63, 3.8) is 0 Å². The minimum Gasteiger partial charge on any atom is -0.355 e. The maximum absolute atomic E-state index is 12.0. The molecule has 0 saturated carbocycles. The second-order valence-electron chi connectivity index (χ2n) is 5.31. The first kappa shape index (κ1) is 17.9. The monoisotopic (exact) mass is 464 g/mol. The predicted octanol–water partition coefficient (Wildman–Crippen LogP) is 3.85. The van der Waals surface area contributed by atoms with Crippen LogP contribution in [-0.2, 0) is 0 Å². The number of rotatable bonds is 5. The molecule has 0 aliphatic heterocycles. The molecule has 1 amide bonds. The first-order valence-corrected chi connectivity index (χ1v) is 8.50. The second-order valence-corrected chi connectivity index (χ2v) is 6.55. The third-order valence-electron chi connectivity index (χ3n) is 3.66. The Labute approximate surface area is 161 Å². The van der Waals surface area contributed by atoms with Gasteiger partial charge in [-0.3, -0.25) is 20.1 Å². The smallest absolute Gasteiger partial charge is 0.294 e. The number of aromatic nitrogens is 1. The van der Waals surface area contributed by atoms with E-state index < -0.39 is 10.8 Å². The van der Waals surface area contributed by atoms with Crippen molar-refractivity contribution in [2.24, 2.45) is 0 Å². The fraction of sp³-hybridized carbons (Fsp3) is 0. The van der Waals surface area contributed by atoms with Crippen LogP contribution in [0.15, 0.2) is 60.9 Å². The molecule has 0 radical (unpaired) electrons. The van der Waals surface area contributed by atoms with E-state index in [1.165, 1.54) is 11.5 Å². The van der Waals surface area contributed by atoms with E-state index in [2.05, 4.69) is 27.9 Å². The lowest BCUT2D eigenvalue weighted by atomic mass is 10.1. The van der Waals surface area contributed by atoms with Crippen LogP contribution in [-0.4, -0.2) is 20.6 Å². The molecule has 0 bridgehead atoms.